The number of benzene rings is 1. The summed E-state index contributed by atoms with van der Waals surface area (Å²) in [6.45, 7) is 4.01. The van der Waals surface area contributed by atoms with Crippen LogP contribution in [0.5, 0.6) is 0 Å². The first kappa shape index (κ1) is 15.7. The zero-order chi connectivity index (χ0) is 16.4. The number of carbonyl (C=O) groups is 1. The van der Waals surface area contributed by atoms with E-state index in [1.807, 2.05) is 26.0 Å². The minimum Gasteiger partial charge on any atom is -0.305 e. The van der Waals surface area contributed by atoms with Gasteiger partial charge in [0.15, 0.2) is 0 Å². The lowest BCUT2D eigenvalue weighted by Gasteiger charge is -2.10. The number of nitrogens with one attached hydrogen (secondary N) is 1. The van der Waals surface area contributed by atoms with Gasteiger partial charge in [-0.15, -0.1) is 11.3 Å². The zero-order valence-electron chi connectivity index (χ0n) is 12.7. The van der Waals surface area contributed by atoms with Crippen molar-refractivity contribution in [3.05, 3.63) is 52.6 Å². The molecule has 0 bridgehead atoms. The van der Waals surface area contributed by atoms with E-state index in [2.05, 4.69) is 15.4 Å². The fourth-order valence-corrected chi connectivity index (χ4v) is 3.04. The molecule has 0 spiro atoms. The predicted molar refractivity (Wildman–Crippen MR) is 93.1 cm³/mol. The molecule has 0 atom stereocenters. The van der Waals surface area contributed by atoms with Crippen molar-refractivity contribution in [3.63, 3.8) is 0 Å². The lowest BCUT2D eigenvalue weighted by molar-refractivity contribution is 0.102. The normalized spacial score (nSPS) is 11.0. The number of nitrogens with zero attached hydrogens (tertiary/aromatic N) is 3. The summed E-state index contributed by atoms with van der Waals surface area (Å²) in [7, 11) is 0. The molecule has 2 heterocycles. The molecule has 3 aromatic rings. The molecule has 1 amide bonds. The maximum Gasteiger partial charge on any atom is 0.276 e. The first-order valence-electron chi connectivity index (χ1n) is 7.11. The van der Waals surface area contributed by atoms with E-state index < -0.39 is 0 Å². The van der Waals surface area contributed by atoms with Gasteiger partial charge in [-0.25, -0.2) is 9.67 Å². The average Bonchev–Trinajstić information content (AvgIpc) is 3.16. The van der Waals surface area contributed by atoms with E-state index in [4.69, 9.17) is 11.6 Å². The van der Waals surface area contributed by atoms with E-state index in [-0.39, 0.29) is 11.9 Å². The van der Waals surface area contributed by atoms with Crippen LogP contribution in [0.1, 0.15) is 30.4 Å². The van der Waals surface area contributed by atoms with Gasteiger partial charge >= 0.3 is 0 Å². The fourth-order valence-electron chi connectivity index (χ4n) is 2.11. The van der Waals surface area contributed by atoms with E-state index >= 15 is 0 Å². The number of thiazole rings is 1. The topological polar surface area (TPSA) is 59.8 Å². The van der Waals surface area contributed by atoms with Crippen LogP contribution in [0.15, 0.2) is 41.9 Å². The van der Waals surface area contributed by atoms with E-state index in [0.717, 1.165) is 10.6 Å². The molecule has 0 fully saturated rings. The van der Waals surface area contributed by atoms with Crippen LogP contribution in [-0.2, 0) is 0 Å². The highest BCUT2D eigenvalue weighted by atomic mass is 35.5. The van der Waals surface area contributed by atoms with Crippen molar-refractivity contribution in [2.75, 3.05) is 5.32 Å². The highest BCUT2D eigenvalue weighted by molar-refractivity contribution is 7.13. The van der Waals surface area contributed by atoms with E-state index in [0.29, 0.717) is 16.5 Å². The summed E-state index contributed by atoms with van der Waals surface area (Å²) in [6, 6.07) is 9.32. The van der Waals surface area contributed by atoms with Crippen LogP contribution < -0.4 is 5.32 Å². The minimum absolute atomic E-state index is 0.167. The molecular weight excluding hydrogens is 332 g/mol. The van der Waals surface area contributed by atoms with Gasteiger partial charge in [0.05, 0.1) is 6.20 Å². The number of halogens is 1. The largest absolute Gasteiger partial charge is 0.305 e. The Morgan fingerprint density at radius 3 is 2.70 bits per heavy atom. The summed E-state index contributed by atoms with van der Waals surface area (Å²) in [4.78, 5) is 16.8. The number of anilines is 1. The second kappa shape index (κ2) is 6.52. The monoisotopic (exact) mass is 346 g/mol. The highest BCUT2D eigenvalue weighted by Gasteiger charge is 2.15. The first-order chi connectivity index (χ1) is 11.0. The molecule has 23 heavy (non-hydrogen) atoms. The summed E-state index contributed by atoms with van der Waals surface area (Å²) in [5, 5.41) is 10.2. The molecular formula is C16H15ClN4OS. The molecule has 7 heteroatoms. The first-order valence-corrected chi connectivity index (χ1v) is 8.36. The molecule has 0 saturated carbocycles. The van der Waals surface area contributed by atoms with E-state index in [1.165, 1.54) is 11.3 Å². The number of rotatable bonds is 4. The zero-order valence-corrected chi connectivity index (χ0v) is 14.2. The standard InChI is InChI=1S/C16H15ClN4OS/c1-10(2)21-14(7-8-18-21)20-15(22)13-9-23-16(19-13)11-3-5-12(17)6-4-11/h3-10H,1-2H3,(H,20,22). The number of aromatic nitrogens is 3. The summed E-state index contributed by atoms with van der Waals surface area (Å²) < 4.78 is 1.75. The van der Waals surface area contributed by atoms with Gasteiger partial charge in [-0.2, -0.15) is 5.10 Å². The van der Waals surface area contributed by atoms with Crippen LogP contribution in [0, 0.1) is 0 Å². The van der Waals surface area contributed by atoms with Gasteiger partial charge in [-0.1, -0.05) is 23.7 Å². The van der Waals surface area contributed by atoms with Crippen molar-refractivity contribution in [3.8, 4) is 10.6 Å². The summed E-state index contributed by atoms with van der Waals surface area (Å²) in [6.07, 6.45) is 1.66. The van der Waals surface area contributed by atoms with Crippen LogP contribution in [0.2, 0.25) is 5.02 Å². The highest BCUT2D eigenvalue weighted by Crippen LogP contribution is 2.25. The molecule has 0 saturated heterocycles. The Hall–Kier alpha value is -2.18. The van der Waals surface area contributed by atoms with Crippen molar-refractivity contribution in [1.29, 1.82) is 0 Å². The smallest absolute Gasteiger partial charge is 0.276 e. The fraction of sp³-hybridized carbons (Fsp3) is 0.188. The van der Waals surface area contributed by atoms with E-state index in [1.54, 1.807) is 34.5 Å². The second-order valence-electron chi connectivity index (χ2n) is 5.25. The molecule has 5 nitrogen and oxygen atoms in total. The number of amides is 1. The Balaban J connectivity index is 1.78. The second-order valence-corrected chi connectivity index (χ2v) is 6.55. The lowest BCUT2D eigenvalue weighted by atomic mass is 10.2. The Kier molecular flexibility index (Phi) is 4.45. The van der Waals surface area contributed by atoms with Gasteiger partial charge in [0, 0.05) is 28.1 Å². The van der Waals surface area contributed by atoms with Gasteiger partial charge in [-0.05, 0) is 26.0 Å². The van der Waals surface area contributed by atoms with Crippen molar-refractivity contribution in [1.82, 2.24) is 14.8 Å². The molecule has 0 aliphatic rings. The molecule has 0 aliphatic heterocycles. The van der Waals surface area contributed by atoms with Gasteiger partial charge in [0.25, 0.3) is 5.91 Å². The lowest BCUT2D eigenvalue weighted by Crippen LogP contribution is -2.17. The van der Waals surface area contributed by atoms with Crippen LogP contribution in [0.25, 0.3) is 10.6 Å². The van der Waals surface area contributed by atoms with Gasteiger partial charge < -0.3 is 5.32 Å². The SMILES string of the molecule is CC(C)n1nccc1NC(=O)c1csc(-c2ccc(Cl)cc2)n1. The summed E-state index contributed by atoms with van der Waals surface area (Å²) in [5.41, 5.74) is 1.32. The van der Waals surface area contributed by atoms with Crippen LogP contribution >= 0.6 is 22.9 Å². The molecule has 1 aromatic carbocycles. The number of carbonyl (C=O) groups excluding carboxylic acids is 1. The third kappa shape index (κ3) is 3.43. The Labute approximate surface area is 142 Å². The number of hydrogen-bond donors (Lipinski definition) is 1. The molecule has 1 N–H and O–H groups in total. The average molecular weight is 347 g/mol. The maximum atomic E-state index is 12.4. The van der Waals surface area contributed by atoms with Crippen LogP contribution in [0.3, 0.4) is 0 Å². The Bertz CT molecular complexity index is 823. The molecule has 3 rings (SSSR count). The quantitative estimate of drug-likeness (QED) is 0.757. The summed E-state index contributed by atoms with van der Waals surface area (Å²) in [5.74, 6) is 0.412. The maximum absolute atomic E-state index is 12.4. The van der Waals surface area contributed by atoms with Gasteiger partial charge in [-0.3, -0.25) is 4.79 Å². The molecule has 0 radical (unpaired) electrons. The summed E-state index contributed by atoms with van der Waals surface area (Å²) >= 11 is 7.31. The van der Waals surface area contributed by atoms with E-state index in [9.17, 15) is 4.79 Å². The molecule has 2 aromatic heterocycles. The van der Waals surface area contributed by atoms with Gasteiger partial charge in [0.1, 0.15) is 16.5 Å². The van der Waals surface area contributed by atoms with Crippen LogP contribution in [-0.4, -0.2) is 20.7 Å². The third-order valence-electron chi connectivity index (χ3n) is 3.23. The molecule has 0 aliphatic carbocycles. The van der Waals surface area contributed by atoms with Crippen molar-refractivity contribution >= 4 is 34.7 Å². The Morgan fingerprint density at radius 1 is 1.26 bits per heavy atom. The third-order valence-corrected chi connectivity index (χ3v) is 4.37. The van der Waals surface area contributed by atoms with Crippen molar-refractivity contribution in [2.45, 2.75) is 19.9 Å². The van der Waals surface area contributed by atoms with Gasteiger partial charge in [0.2, 0.25) is 0 Å². The van der Waals surface area contributed by atoms with Crippen molar-refractivity contribution in [2.24, 2.45) is 0 Å². The van der Waals surface area contributed by atoms with Crippen LogP contribution in [0.4, 0.5) is 5.82 Å². The Morgan fingerprint density at radius 2 is 2.00 bits per heavy atom. The predicted octanol–water partition coefficient (Wildman–Crippen LogP) is 4.49. The molecule has 0 unspecified atom stereocenters. The minimum atomic E-state index is -0.246. The molecule has 118 valence electrons. The number of hydrogen-bond acceptors (Lipinski definition) is 4. The van der Waals surface area contributed by atoms with Crippen molar-refractivity contribution < 1.29 is 4.79 Å².